The first-order valence-electron chi connectivity index (χ1n) is 8.86. The highest BCUT2D eigenvalue weighted by Crippen LogP contribution is 2.31. The fourth-order valence-electron chi connectivity index (χ4n) is 3.06. The van der Waals surface area contributed by atoms with Crippen molar-refractivity contribution in [3.63, 3.8) is 0 Å². The second-order valence-corrected chi connectivity index (χ2v) is 7.73. The Bertz CT molecular complexity index is 1020. The highest BCUT2D eigenvalue weighted by molar-refractivity contribution is 6.42. The molecule has 0 saturated carbocycles. The van der Waals surface area contributed by atoms with E-state index in [2.05, 4.69) is 5.10 Å². The number of halogens is 3. The number of carboxylic acid groups (broad SMARTS) is 1. The lowest BCUT2D eigenvalue weighted by atomic mass is 9.92. The molecule has 5 nitrogen and oxygen atoms in total. The number of carbonyl (C=O) groups excluding carboxylic acids is 1. The molecule has 150 valence electrons. The Morgan fingerprint density at radius 1 is 1.14 bits per heavy atom. The molecule has 1 N–H and O–H groups in total. The van der Waals surface area contributed by atoms with E-state index >= 15 is 0 Å². The number of anilines is 1. The number of rotatable bonds is 6. The molecule has 2 aromatic carbocycles. The summed E-state index contributed by atoms with van der Waals surface area (Å²) >= 11 is 17.8. The van der Waals surface area contributed by atoms with Crippen molar-refractivity contribution in [2.24, 2.45) is 11.0 Å². The lowest BCUT2D eigenvalue weighted by Gasteiger charge is -2.15. The summed E-state index contributed by atoms with van der Waals surface area (Å²) in [4.78, 5) is 24.8. The van der Waals surface area contributed by atoms with Gasteiger partial charge < -0.3 is 5.11 Å². The minimum atomic E-state index is -1.11. The van der Waals surface area contributed by atoms with Gasteiger partial charge in [-0.25, -0.2) is 9.80 Å². The lowest BCUT2D eigenvalue weighted by molar-refractivity contribution is -0.132. The summed E-state index contributed by atoms with van der Waals surface area (Å²) in [5.74, 6) is -2.03. The molecule has 0 spiro atoms. The number of amides is 1. The Hall–Kier alpha value is -2.34. The van der Waals surface area contributed by atoms with Crippen molar-refractivity contribution in [3.05, 3.63) is 68.7 Å². The number of hydrazone groups is 1. The van der Waals surface area contributed by atoms with E-state index in [1.165, 1.54) is 11.1 Å². The van der Waals surface area contributed by atoms with Crippen LogP contribution in [0.3, 0.4) is 0 Å². The van der Waals surface area contributed by atoms with Crippen molar-refractivity contribution >= 4 is 64.2 Å². The van der Waals surface area contributed by atoms with Crippen LogP contribution in [0.25, 0.3) is 6.08 Å². The predicted octanol–water partition coefficient (Wildman–Crippen LogP) is 5.93. The third-order valence-electron chi connectivity index (χ3n) is 4.55. The Morgan fingerprint density at radius 2 is 1.83 bits per heavy atom. The molecule has 0 saturated heterocycles. The fraction of sp³-hybridized carbons (Fsp3) is 0.190. The molecule has 0 radical (unpaired) electrons. The molecule has 1 amide bonds. The number of carboxylic acids is 1. The summed E-state index contributed by atoms with van der Waals surface area (Å²) < 4.78 is 0. The molecule has 29 heavy (non-hydrogen) atoms. The summed E-state index contributed by atoms with van der Waals surface area (Å²) in [6.45, 7) is 1.88. The average molecular weight is 452 g/mol. The van der Waals surface area contributed by atoms with Gasteiger partial charge in [0, 0.05) is 10.6 Å². The second kappa shape index (κ2) is 8.99. The normalized spacial score (nSPS) is 16.9. The van der Waals surface area contributed by atoms with Gasteiger partial charge in [-0.3, -0.25) is 4.79 Å². The number of benzene rings is 2. The van der Waals surface area contributed by atoms with E-state index in [0.717, 1.165) is 0 Å². The van der Waals surface area contributed by atoms with Gasteiger partial charge in [0.15, 0.2) is 0 Å². The van der Waals surface area contributed by atoms with Crippen LogP contribution < -0.4 is 5.01 Å². The van der Waals surface area contributed by atoms with Gasteiger partial charge in [0.05, 0.1) is 27.4 Å². The van der Waals surface area contributed by atoms with Crippen LogP contribution in [0.2, 0.25) is 15.1 Å². The van der Waals surface area contributed by atoms with Gasteiger partial charge in [-0.15, -0.1) is 0 Å². The van der Waals surface area contributed by atoms with Crippen LogP contribution in [0, 0.1) is 5.92 Å². The number of nitrogens with zero attached hydrogens (tertiary/aromatic N) is 2. The van der Waals surface area contributed by atoms with Gasteiger partial charge in [-0.05, 0) is 60.9 Å². The summed E-state index contributed by atoms with van der Waals surface area (Å²) in [5.41, 5.74) is 1.89. The van der Waals surface area contributed by atoms with Crippen LogP contribution in [0.15, 0.2) is 53.1 Å². The molecule has 0 aromatic heterocycles. The maximum Gasteiger partial charge on any atom is 0.331 e. The zero-order valence-electron chi connectivity index (χ0n) is 15.4. The third kappa shape index (κ3) is 4.81. The third-order valence-corrected chi connectivity index (χ3v) is 5.55. The number of hydrogen-bond donors (Lipinski definition) is 1. The van der Waals surface area contributed by atoms with Gasteiger partial charge in [0.2, 0.25) is 0 Å². The topological polar surface area (TPSA) is 70.0 Å². The first kappa shape index (κ1) is 21.4. The SMILES string of the molecule is CCC1=NN(c2ccc(Cl)cc2)C(=O)C1CC(=Cc1ccc(Cl)c(Cl)c1)C(=O)O. The van der Waals surface area contributed by atoms with Crippen LogP contribution in [-0.4, -0.2) is 22.7 Å². The maximum absolute atomic E-state index is 13.0. The molecule has 1 aliphatic heterocycles. The lowest BCUT2D eigenvalue weighted by Crippen LogP contribution is -2.28. The first-order valence-corrected chi connectivity index (χ1v) is 9.99. The Kier molecular flexibility index (Phi) is 6.63. The number of aliphatic carboxylic acids is 1. The number of carbonyl (C=O) groups is 2. The van der Waals surface area contributed by atoms with Crippen molar-refractivity contribution in [1.29, 1.82) is 0 Å². The van der Waals surface area contributed by atoms with E-state index in [9.17, 15) is 14.7 Å². The summed E-state index contributed by atoms with van der Waals surface area (Å²) in [6, 6.07) is 11.6. The van der Waals surface area contributed by atoms with Crippen molar-refractivity contribution in [3.8, 4) is 0 Å². The molecule has 8 heteroatoms. The number of hydrogen-bond acceptors (Lipinski definition) is 3. The standard InChI is InChI=1S/C21H17Cl3N2O3/c1-2-19-16(20(27)26(25-19)15-6-4-14(22)5-7-15)11-13(21(28)29)9-12-3-8-17(23)18(24)10-12/h3-10,16H,2,11H2,1H3,(H,28,29). The molecule has 0 fully saturated rings. The van der Waals surface area contributed by atoms with Gasteiger partial charge in [0.1, 0.15) is 0 Å². The molecule has 2 aromatic rings. The molecular formula is C21H17Cl3N2O3. The zero-order chi connectivity index (χ0) is 21.1. The summed E-state index contributed by atoms with van der Waals surface area (Å²) in [5, 5.41) is 16.6. The van der Waals surface area contributed by atoms with Crippen LogP contribution in [-0.2, 0) is 9.59 Å². The fourth-order valence-corrected chi connectivity index (χ4v) is 3.49. The minimum Gasteiger partial charge on any atom is -0.478 e. The predicted molar refractivity (Wildman–Crippen MR) is 117 cm³/mol. The van der Waals surface area contributed by atoms with E-state index in [1.54, 1.807) is 42.5 Å². The van der Waals surface area contributed by atoms with Crippen LogP contribution in [0.1, 0.15) is 25.3 Å². The molecule has 0 bridgehead atoms. The van der Waals surface area contributed by atoms with Gasteiger partial charge in [0.25, 0.3) is 5.91 Å². The quantitative estimate of drug-likeness (QED) is 0.553. The van der Waals surface area contributed by atoms with Crippen molar-refractivity contribution in [2.45, 2.75) is 19.8 Å². The molecule has 0 aliphatic carbocycles. The second-order valence-electron chi connectivity index (χ2n) is 6.48. The zero-order valence-corrected chi connectivity index (χ0v) is 17.7. The maximum atomic E-state index is 13.0. The Balaban J connectivity index is 1.89. The van der Waals surface area contributed by atoms with E-state index in [4.69, 9.17) is 34.8 Å². The summed E-state index contributed by atoms with van der Waals surface area (Å²) in [6.07, 6.45) is 2.04. The van der Waals surface area contributed by atoms with Crippen molar-refractivity contribution in [2.75, 3.05) is 5.01 Å². The van der Waals surface area contributed by atoms with Crippen LogP contribution in [0.4, 0.5) is 5.69 Å². The smallest absolute Gasteiger partial charge is 0.331 e. The van der Waals surface area contributed by atoms with E-state index in [0.29, 0.717) is 38.5 Å². The Labute approximate surface area is 183 Å². The molecular weight excluding hydrogens is 435 g/mol. The highest BCUT2D eigenvalue weighted by atomic mass is 35.5. The van der Waals surface area contributed by atoms with Crippen LogP contribution >= 0.6 is 34.8 Å². The first-order chi connectivity index (χ1) is 13.8. The monoisotopic (exact) mass is 450 g/mol. The highest BCUT2D eigenvalue weighted by Gasteiger charge is 2.37. The van der Waals surface area contributed by atoms with E-state index in [-0.39, 0.29) is 17.9 Å². The van der Waals surface area contributed by atoms with Crippen molar-refractivity contribution < 1.29 is 14.7 Å². The molecule has 1 heterocycles. The molecule has 1 aliphatic rings. The van der Waals surface area contributed by atoms with E-state index < -0.39 is 11.9 Å². The largest absolute Gasteiger partial charge is 0.478 e. The van der Waals surface area contributed by atoms with Crippen LogP contribution in [0.5, 0.6) is 0 Å². The van der Waals surface area contributed by atoms with Gasteiger partial charge in [-0.1, -0.05) is 47.8 Å². The molecule has 3 rings (SSSR count). The van der Waals surface area contributed by atoms with Crippen molar-refractivity contribution in [1.82, 2.24) is 0 Å². The molecule has 1 atom stereocenters. The average Bonchev–Trinajstić information content (AvgIpc) is 3.00. The van der Waals surface area contributed by atoms with Gasteiger partial charge >= 0.3 is 5.97 Å². The Morgan fingerprint density at radius 3 is 2.41 bits per heavy atom. The molecule has 1 unspecified atom stereocenters. The van der Waals surface area contributed by atoms with Gasteiger partial charge in [-0.2, -0.15) is 5.10 Å². The minimum absolute atomic E-state index is 0.0190. The van der Waals surface area contributed by atoms with E-state index in [1.807, 2.05) is 6.92 Å². The summed E-state index contributed by atoms with van der Waals surface area (Å²) in [7, 11) is 0.